The fraction of sp³-hybridized carbons (Fsp3) is 0.111. The van der Waals surface area contributed by atoms with E-state index >= 15 is 0 Å². The maximum atomic E-state index is 5.00. The van der Waals surface area contributed by atoms with Gasteiger partial charge in [0.05, 0.1) is 12.3 Å². The van der Waals surface area contributed by atoms with Crippen LogP contribution in [0.15, 0.2) is 35.3 Å². The number of rotatable bonds is 3. The van der Waals surface area contributed by atoms with Gasteiger partial charge in [-0.2, -0.15) is 5.10 Å². The highest BCUT2D eigenvalue weighted by Gasteiger charge is 2.03. The summed E-state index contributed by atoms with van der Waals surface area (Å²) in [6.45, 7) is 0.385. The van der Waals surface area contributed by atoms with Crippen LogP contribution in [0.4, 0.5) is 0 Å². The molecule has 0 aliphatic carbocycles. The summed E-state index contributed by atoms with van der Waals surface area (Å²) in [5.41, 5.74) is 1.92. The number of aromatic nitrogens is 3. The van der Waals surface area contributed by atoms with Gasteiger partial charge < -0.3 is 0 Å². The Labute approximate surface area is 95.0 Å². The molecule has 78 valence electrons. The monoisotopic (exact) mass is 268 g/mol. The minimum Gasteiger partial charge on any atom is -0.300 e. The molecular weight excluding hydrogens is 260 g/mol. The number of halogens is 1. The van der Waals surface area contributed by atoms with E-state index in [0.29, 0.717) is 6.61 Å². The Bertz CT molecular complexity index is 443. The molecule has 0 atom stereocenters. The molecule has 2 aromatic rings. The van der Waals surface area contributed by atoms with Gasteiger partial charge in [0, 0.05) is 4.47 Å². The quantitative estimate of drug-likeness (QED) is 0.856. The van der Waals surface area contributed by atoms with Crippen molar-refractivity contribution >= 4 is 15.9 Å². The van der Waals surface area contributed by atoms with Crippen molar-refractivity contribution in [3.8, 4) is 5.69 Å². The van der Waals surface area contributed by atoms with Crippen molar-refractivity contribution in [2.75, 3.05) is 0 Å². The van der Waals surface area contributed by atoms with Crippen molar-refractivity contribution in [1.29, 1.82) is 0 Å². The van der Waals surface area contributed by atoms with Gasteiger partial charge in [-0.15, -0.1) is 0 Å². The zero-order valence-electron chi connectivity index (χ0n) is 7.80. The van der Waals surface area contributed by atoms with E-state index in [1.54, 1.807) is 11.0 Å². The third kappa shape index (κ3) is 2.23. The summed E-state index contributed by atoms with van der Waals surface area (Å²) in [4.78, 5) is 8.44. The third-order valence-corrected chi connectivity index (χ3v) is 2.56. The van der Waals surface area contributed by atoms with Crippen LogP contribution >= 0.6 is 15.9 Å². The van der Waals surface area contributed by atoms with E-state index in [4.69, 9.17) is 5.90 Å². The average molecular weight is 269 g/mol. The van der Waals surface area contributed by atoms with Crippen LogP contribution in [-0.4, -0.2) is 14.8 Å². The molecule has 2 N–H and O–H groups in total. The van der Waals surface area contributed by atoms with E-state index in [0.717, 1.165) is 15.7 Å². The summed E-state index contributed by atoms with van der Waals surface area (Å²) >= 11 is 3.45. The molecule has 0 aliphatic rings. The number of benzene rings is 1. The van der Waals surface area contributed by atoms with Gasteiger partial charge in [0.25, 0.3) is 0 Å². The molecule has 1 heterocycles. The summed E-state index contributed by atoms with van der Waals surface area (Å²) in [7, 11) is 0. The highest BCUT2D eigenvalue weighted by atomic mass is 79.9. The third-order valence-electron chi connectivity index (χ3n) is 1.93. The number of hydrogen-bond acceptors (Lipinski definition) is 4. The Morgan fingerprint density at radius 2 is 2.33 bits per heavy atom. The van der Waals surface area contributed by atoms with E-state index in [1.165, 1.54) is 6.33 Å². The van der Waals surface area contributed by atoms with Gasteiger partial charge in [-0.25, -0.2) is 15.6 Å². The topological polar surface area (TPSA) is 66.0 Å². The first-order chi connectivity index (χ1) is 7.31. The molecule has 15 heavy (non-hydrogen) atoms. The lowest BCUT2D eigenvalue weighted by Crippen LogP contribution is -2.00. The van der Waals surface area contributed by atoms with E-state index in [2.05, 4.69) is 30.9 Å². The molecule has 0 saturated heterocycles. The molecule has 5 nitrogen and oxygen atoms in total. The van der Waals surface area contributed by atoms with E-state index in [-0.39, 0.29) is 0 Å². The first kappa shape index (κ1) is 10.3. The van der Waals surface area contributed by atoms with Crippen molar-refractivity contribution in [3.63, 3.8) is 0 Å². The second-order valence-electron chi connectivity index (χ2n) is 2.94. The normalized spacial score (nSPS) is 10.5. The van der Waals surface area contributed by atoms with Crippen LogP contribution in [0, 0.1) is 0 Å². The van der Waals surface area contributed by atoms with Crippen LogP contribution in [0.3, 0.4) is 0 Å². The molecule has 0 amide bonds. The van der Waals surface area contributed by atoms with Gasteiger partial charge in [-0.1, -0.05) is 6.07 Å². The highest BCUT2D eigenvalue weighted by Crippen LogP contribution is 2.21. The predicted octanol–water partition coefficient (Wildman–Crippen LogP) is 1.42. The molecule has 0 fully saturated rings. The van der Waals surface area contributed by atoms with E-state index < -0.39 is 0 Å². The Morgan fingerprint density at radius 1 is 1.47 bits per heavy atom. The first-order valence-corrected chi connectivity index (χ1v) is 5.05. The maximum absolute atomic E-state index is 5.00. The Morgan fingerprint density at radius 3 is 2.93 bits per heavy atom. The maximum Gasteiger partial charge on any atom is 0.138 e. The Hall–Kier alpha value is -1.24. The second kappa shape index (κ2) is 4.52. The van der Waals surface area contributed by atoms with Crippen LogP contribution in [0.2, 0.25) is 0 Å². The second-order valence-corrected chi connectivity index (χ2v) is 3.79. The summed E-state index contributed by atoms with van der Waals surface area (Å²) in [6.07, 6.45) is 3.13. The molecular formula is C9H9BrN4O. The SMILES string of the molecule is NOCc1ccc(-n2cncn2)c(Br)c1. The molecule has 6 heteroatoms. The molecule has 0 unspecified atom stereocenters. The number of hydrogen-bond donors (Lipinski definition) is 1. The van der Waals surface area contributed by atoms with Gasteiger partial charge in [0.2, 0.25) is 0 Å². The van der Waals surface area contributed by atoms with Gasteiger partial charge in [-0.05, 0) is 33.6 Å². The average Bonchev–Trinajstić information content (AvgIpc) is 2.71. The zero-order valence-corrected chi connectivity index (χ0v) is 9.39. The number of nitrogens with zero attached hydrogens (tertiary/aromatic N) is 3. The molecule has 0 bridgehead atoms. The van der Waals surface area contributed by atoms with Gasteiger partial charge in [-0.3, -0.25) is 4.84 Å². The van der Waals surface area contributed by atoms with Gasteiger partial charge >= 0.3 is 0 Å². The largest absolute Gasteiger partial charge is 0.300 e. The lowest BCUT2D eigenvalue weighted by molar-refractivity contribution is 0.124. The minimum absolute atomic E-state index is 0.385. The van der Waals surface area contributed by atoms with Crippen LogP contribution in [-0.2, 0) is 11.4 Å². The molecule has 0 spiro atoms. The van der Waals surface area contributed by atoms with Crippen LogP contribution in [0.5, 0.6) is 0 Å². The fourth-order valence-electron chi connectivity index (χ4n) is 1.25. The van der Waals surface area contributed by atoms with E-state index in [9.17, 15) is 0 Å². The van der Waals surface area contributed by atoms with Crippen LogP contribution in [0.1, 0.15) is 5.56 Å². The standard InChI is InChI=1S/C9H9BrN4O/c10-8-3-7(4-15-11)1-2-9(8)14-6-12-5-13-14/h1-3,5-6H,4,11H2. The van der Waals surface area contributed by atoms with Gasteiger partial charge in [0.1, 0.15) is 12.7 Å². The smallest absolute Gasteiger partial charge is 0.138 e. The van der Waals surface area contributed by atoms with E-state index in [1.807, 2.05) is 18.2 Å². The summed E-state index contributed by atoms with van der Waals surface area (Å²) in [5, 5.41) is 4.04. The van der Waals surface area contributed by atoms with Crippen molar-refractivity contribution in [2.24, 2.45) is 5.90 Å². The van der Waals surface area contributed by atoms with Crippen molar-refractivity contribution in [1.82, 2.24) is 14.8 Å². The molecule has 0 saturated carbocycles. The van der Waals surface area contributed by atoms with Crippen LogP contribution < -0.4 is 5.90 Å². The molecule has 0 aliphatic heterocycles. The number of nitrogens with two attached hydrogens (primary N) is 1. The zero-order chi connectivity index (χ0) is 10.7. The molecule has 1 aromatic heterocycles. The Balaban J connectivity index is 2.35. The summed E-state index contributed by atoms with van der Waals surface area (Å²) in [6, 6.07) is 5.78. The predicted molar refractivity (Wildman–Crippen MR) is 58.0 cm³/mol. The fourth-order valence-corrected chi connectivity index (χ4v) is 1.86. The van der Waals surface area contributed by atoms with Crippen molar-refractivity contribution in [3.05, 3.63) is 40.9 Å². The van der Waals surface area contributed by atoms with Crippen molar-refractivity contribution in [2.45, 2.75) is 6.61 Å². The molecule has 2 rings (SSSR count). The Kier molecular flexibility index (Phi) is 3.10. The minimum atomic E-state index is 0.385. The lowest BCUT2D eigenvalue weighted by Gasteiger charge is -2.05. The van der Waals surface area contributed by atoms with Crippen molar-refractivity contribution < 1.29 is 4.84 Å². The summed E-state index contributed by atoms with van der Waals surface area (Å²) < 4.78 is 2.60. The highest BCUT2D eigenvalue weighted by molar-refractivity contribution is 9.10. The molecule has 1 aromatic carbocycles. The van der Waals surface area contributed by atoms with Crippen LogP contribution in [0.25, 0.3) is 5.69 Å². The molecule has 0 radical (unpaired) electrons. The van der Waals surface area contributed by atoms with Gasteiger partial charge in [0.15, 0.2) is 0 Å². The summed E-state index contributed by atoms with van der Waals surface area (Å²) in [5.74, 6) is 5.00. The first-order valence-electron chi connectivity index (χ1n) is 4.26. The lowest BCUT2D eigenvalue weighted by atomic mass is 10.2.